The van der Waals surface area contributed by atoms with Crippen LogP contribution in [0.3, 0.4) is 0 Å². The van der Waals surface area contributed by atoms with Crippen LogP contribution in [0, 0.1) is 19.7 Å². The number of halogens is 1. The molecule has 0 aliphatic carbocycles. The van der Waals surface area contributed by atoms with Crippen molar-refractivity contribution in [2.75, 3.05) is 6.61 Å². The molecule has 0 fully saturated rings. The lowest BCUT2D eigenvalue weighted by atomic mass is 10.1. The number of para-hydroxylation sites is 2. The molecule has 0 atom stereocenters. The highest BCUT2D eigenvalue weighted by atomic mass is 19.1. The normalized spacial score (nSPS) is 11.0. The van der Waals surface area contributed by atoms with Gasteiger partial charge in [0.15, 0.2) is 0 Å². The summed E-state index contributed by atoms with van der Waals surface area (Å²) in [6.45, 7) is 5.72. The zero-order valence-electron chi connectivity index (χ0n) is 18.3. The number of amides is 1. The molecule has 164 valence electrons. The number of benzene rings is 3. The number of nitrogens with zero attached hydrogens (tertiary/aromatic N) is 2. The molecule has 32 heavy (non-hydrogen) atoms. The highest BCUT2D eigenvalue weighted by Gasteiger charge is 2.13. The minimum Gasteiger partial charge on any atom is -0.493 e. The van der Waals surface area contributed by atoms with Crippen LogP contribution in [0.4, 0.5) is 4.39 Å². The van der Waals surface area contributed by atoms with E-state index in [0.29, 0.717) is 18.7 Å². The molecule has 1 amide bonds. The van der Waals surface area contributed by atoms with Gasteiger partial charge in [0.2, 0.25) is 0 Å². The van der Waals surface area contributed by atoms with E-state index in [4.69, 9.17) is 9.72 Å². The van der Waals surface area contributed by atoms with Crippen LogP contribution >= 0.6 is 0 Å². The minimum absolute atomic E-state index is 0.262. The van der Waals surface area contributed by atoms with E-state index >= 15 is 0 Å². The SMILES string of the molecule is Cc1cccc(OCCCn2c(CNC(=O)c3ccc(F)cc3)nc3ccccc32)c1C. The molecule has 1 heterocycles. The second-order valence-corrected chi connectivity index (χ2v) is 7.76. The van der Waals surface area contributed by atoms with Crippen LogP contribution in [0.25, 0.3) is 11.0 Å². The van der Waals surface area contributed by atoms with Gasteiger partial charge in [-0.3, -0.25) is 4.79 Å². The molecule has 0 spiro atoms. The van der Waals surface area contributed by atoms with Gasteiger partial charge in [0, 0.05) is 12.1 Å². The summed E-state index contributed by atoms with van der Waals surface area (Å²) in [5.74, 6) is 1.05. The number of ether oxygens (including phenoxy) is 1. The molecule has 0 saturated heterocycles. The second kappa shape index (κ2) is 9.64. The molecular formula is C26H26FN3O2. The Bertz CT molecular complexity index is 1230. The zero-order chi connectivity index (χ0) is 22.5. The molecule has 0 saturated carbocycles. The number of hydrogen-bond acceptors (Lipinski definition) is 3. The molecule has 1 N–H and O–H groups in total. The van der Waals surface area contributed by atoms with Crippen LogP contribution in [-0.2, 0) is 13.1 Å². The van der Waals surface area contributed by atoms with Crippen LogP contribution in [-0.4, -0.2) is 22.1 Å². The number of hydrogen-bond donors (Lipinski definition) is 1. The van der Waals surface area contributed by atoms with E-state index in [1.165, 1.54) is 29.8 Å². The van der Waals surface area contributed by atoms with E-state index in [1.54, 1.807) is 0 Å². The zero-order valence-corrected chi connectivity index (χ0v) is 18.3. The lowest BCUT2D eigenvalue weighted by Gasteiger charge is -2.13. The fourth-order valence-corrected chi connectivity index (χ4v) is 3.66. The van der Waals surface area contributed by atoms with Gasteiger partial charge in [0.05, 0.1) is 24.2 Å². The Kier molecular flexibility index (Phi) is 6.50. The van der Waals surface area contributed by atoms with Crippen LogP contribution < -0.4 is 10.1 Å². The first-order valence-corrected chi connectivity index (χ1v) is 10.7. The molecule has 4 rings (SSSR count). The average Bonchev–Trinajstić information content (AvgIpc) is 3.15. The number of carbonyl (C=O) groups excluding carboxylic acids is 1. The monoisotopic (exact) mass is 431 g/mol. The fourth-order valence-electron chi connectivity index (χ4n) is 3.66. The van der Waals surface area contributed by atoms with Crippen molar-refractivity contribution in [3.8, 4) is 5.75 Å². The summed E-state index contributed by atoms with van der Waals surface area (Å²) >= 11 is 0. The van der Waals surface area contributed by atoms with Crippen molar-refractivity contribution in [3.05, 3.63) is 95.1 Å². The third-order valence-electron chi connectivity index (χ3n) is 5.59. The third-order valence-corrected chi connectivity index (χ3v) is 5.59. The molecule has 1 aromatic heterocycles. The molecule has 0 bridgehead atoms. The van der Waals surface area contributed by atoms with Crippen molar-refractivity contribution >= 4 is 16.9 Å². The van der Waals surface area contributed by atoms with Crippen molar-refractivity contribution in [2.24, 2.45) is 0 Å². The van der Waals surface area contributed by atoms with E-state index in [0.717, 1.165) is 34.6 Å². The van der Waals surface area contributed by atoms with Crippen LogP contribution in [0.5, 0.6) is 5.75 Å². The molecule has 5 nitrogen and oxygen atoms in total. The summed E-state index contributed by atoms with van der Waals surface area (Å²) in [4.78, 5) is 17.1. The topological polar surface area (TPSA) is 56.1 Å². The quantitative estimate of drug-likeness (QED) is 0.391. The van der Waals surface area contributed by atoms with Crippen LogP contribution in [0.1, 0.15) is 33.7 Å². The van der Waals surface area contributed by atoms with Gasteiger partial charge < -0.3 is 14.6 Å². The van der Waals surface area contributed by atoms with Gasteiger partial charge in [-0.15, -0.1) is 0 Å². The largest absolute Gasteiger partial charge is 0.493 e. The van der Waals surface area contributed by atoms with E-state index in [1.807, 2.05) is 36.4 Å². The van der Waals surface area contributed by atoms with Gasteiger partial charge in [-0.2, -0.15) is 0 Å². The number of nitrogens with one attached hydrogen (secondary N) is 1. The number of rotatable bonds is 8. The van der Waals surface area contributed by atoms with Crippen LogP contribution in [0.2, 0.25) is 0 Å². The maximum atomic E-state index is 13.1. The second-order valence-electron chi connectivity index (χ2n) is 7.76. The number of fused-ring (bicyclic) bond motifs is 1. The van der Waals surface area contributed by atoms with Gasteiger partial charge in [-0.25, -0.2) is 9.37 Å². The smallest absolute Gasteiger partial charge is 0.251 e. The Hall–Kier alpha value is -3.67. The van der Waals surface area contributed by atoms with Crippen molar-refractivity contribution < 1.29 is 13.9 Å². The van der Waals surface area contributed by atoms with Gasteiger partial charge in [0.1, 0.15) is 17.4 Å². The van der Waals surface area contributed by atoms with E-state index in [-0.39, 0.29) is 18.3 Å². The maximum absolute atomic E-state index is 13.1. The molecule has 4 aromatic rings. The first-order chi connectivity index (χ1) is 15.5. The van der Waals surface area contributed by atoms with E-state index in [9.17, 15) is 9.18 Å². The fraction of sp³-hybridized carbons (Fsp3) is 0.231. The molecule has 0 radical (unpaired) electrons. The van der Waals surface area contributed by atoms with Gasteiger partial charge in [0.25, 0.3) is 5.91 Å². The predicted molar refractivity (Wildman–Crippen MR) is 123 cm³/mol. The van der Waals surface area contributed by atoms with Crippen molar-refractivity contribution in [2.45, 2.75) is 33.4 Å². The van der Waals surface area contributed by atoms with Gasteiger partial charge in [-0.05, 0) is 73.9 Å². The molecule has 6 heteroatoms. The van der Waals surface area contributed by atoms with Gasteiger partial charge in [-0.1, -0.05) is 24.3 Å². The summed E-state index contributed by atoms with van der Waals surface area (Å²) < 4.78 is 21.2. The summed E-state index contributed by atoms with van der Waals surface area (Å²) in [6.07, 6.45) is 0.798. The molecule has 0 aliphatic heterocycles. The Morgan fingerprint density at radius 3 is 2.62 bits per heavy atom. The van der Waals surface area contributed by atoms with E-state index in [2.05, 4.69) is 29.8 Å². The lowest BCUT2D eigenvalue weighted by molar-refractivity contribution is 0.0949. The van der Waals surface area contributed by atoms with Crippen LogP contribution in [0.15, 0.2) is 66.7 Å². The summed E-state index contributed by atoms with van der Waals surface area (Å²) in [7, 11) is 0. The van der Waals surface area contributed by atoms with Crippen molar-refractivity contribution in [3.63, 3.8) is 0 Å². The molecule has 0 aliphatic rings. The highest BCUT2D eigenvalue weighted by molar-refractivity contribution is 5.94. The first-order valence-electron chi connectivity index (χ1n) is 10.7. The Morgan fingerprint density at radius 1 is 1.03 bits per heavy atom. The Balaban J connectivity index is 1.43. The average molecular weight is 432 g/mol. The standard InChI is InChI=1S/C26H26FN3O2/c1-18-7-5-10-24(19(18)2)32-16-6-15-30-23-9-4-3-8-22(23)29-25(30)17-28-26(31)20-11-13-21(27)14-12-20/h3-5,7-14H,6,15-17H2,1-2H3,(H,28,31). The van der Waals surface area contributed by atoms with Crippen molar-refractivity contribution in [1.29, 1.82) is 0 Å². The molecular weight excluding hydrogens is 405 g/mol. The summed E-state index contributed by atoms with van der Waals surface area (Å²) in [5, 5.41) is 2.89. The summed E-state index contributed by atoms with van der Waals surface area (Å²) in [5.41, 5.74) is 4.68. The number of aromatic nitrogens is 2. The minimum atomic E-state index is -0.369. The molecule has 0 unspecified atom stereocenters. The van der Waals surface area contributed by atoms with Gasteiger partial charge >= 0.3 is 0 Å². The number of carbonyl (C=O) groups is 1. The Labute approximate surface area is 186 Å². The summed E-state index contributed by atoms with van der Waals surface area (Å²) in [6, 6.07) is 19.5. The lowest BCUT2D eigenvalue weighted by Crippen LogP contribution is -2.25. The van der Waals surface area contributed by atoms with E-state index < -0.39 is 0 Å². The van der Waals surface area contributed by atoms with Crippen molar-refractivity contribution in [1.82, 2.24) is 14.9 Å². The maximum Gasteiger partial charge on any atom is 0.251 e. The predicted octanol–water partition coefficient (Wildman–Crippen LogP) is 5.19. The number of imidazole rings is 1. The third kappa shape index (κ3) is 4.80. The molecule has 3 aromatic carbocycles. The highest BCUT2D eigenvalue weighted by Crippen LogP contribution is 2.21. The first kappa shape index (κ1) is 21.6. The number of aryl methyl sites for hydroxylation is 2. The Morgan fingerprint density at radius 2 is 1.81 bits per heavy atom.